The minimum Gasteiger partial charge on any atom is -0.476 e. The van der Waals surface area contributed by atoms with E-state index in [1.807, 2.05) is 0 Å². The van der Waals surface area contributed by atoms with Crippen LogP contribution in [0.1, 0.15) is 0 Å². The topological polar surface area (TPSA) is 63.3 Å². The number of carboxylic acids is 1. The van der Waals surface area contributed by atoms with Crippen LogP contribution in [0.15, 0.2) is 23.1 Å². The first-order chi connectivity index (χ1) is 6.83. The van der Waals surface area contributed by atoms with E-state index in [9.17, 15) is 18.0 Å². The molecule has 82 valence electrons. The zero-order valence-corrected chi connectivity index (χ0v) is 8.02. The highest BCUT2D eigenvalue weighted by molar-refractivity contribution is 8.01. The number of anilines is 1. The normalized spacial score (nSPS) is 11.4. The van der Waals surface area contributed by atoms with Crippen LogP contribution in [0.25, 0.3) is 0 Å². The molecule has 0 amide bonds. The van der Waals surface area contributed by atoms with Gasteiger partial charge in [-0.3, -0.25) is 0 Å². The van der Waals surface area contributed by atoms with Crippen LogP contribution in [0, 0.1) is 5.82 Å². The highest BCUT2D eigenvalue weighted by atomic mass is 32.2. The van der Waals surface area contributed by atoms with Crippen LogP contribution in [0.3, 0.4) is 0 Å². The smallest absolute Gasteiger partial charge is 0.393 e. The fourth-order valence-corrected chi connectivity index (χ4v) is 1.47. The zero-order valence-electron chi connectivity index (χ0n) is 7.21. The van der Waals surface area contributed by atoms with E-state index in [0.717, 1.165) is 18.2 Å². The summed E-state index contributed by atoms with van der Waals surface area (Å²) in [4.78, 5) is 9.94. The minimum atomic E-state index is -3.98. The first-order valence-electron chi connectivity index (χ1n) is 3.68. The minimum absolute atomic E-state index is 0.177. The van der Waals surface area contributed by atoms with Gasteiger partial charge in [0.15, 0.2) is 0 Å². The van der Waals surface area contributed by atoms with Crippen LogP contribution in [-0.4, -0.2) is 16.3 Å². The van der Waals surface area contributed by atoms with Crippen LogP contribution in [0.2, 0.25) is 0 Å². The Bertz CT molecular complexity index is 397. The second kappa shape index (κ2) is 4.01. The lowest BCUT2D eigenvalue weighted by Gasteiger charge is -2.11. The van der Waals surface area contributed by atoms with Gasteiger partial charge in [0.2, 0.25) is 0 Å². The molecule has 0 aliphatic heterocycles. The maximum atomic E-state index is 12.7. The lowest BCUT2D eigenvalue weighted by Crippen LogP contribution is -2.23. The van der Waals surface area contributed by atoms with Crippen molar-refractivity contribution in [1.82, 2.24) is 0 Å². The third kappa shape index (κ3) is 2.79. The monoisotopic (exact) mass is 237 g/mol. The summed E-state index contributed by atoms with van der Waals surface area (Å²) in [5, 5.41) is 4.18. The summed E-state index contributed by atoms with van der Waals surface area (Å²) in [6.45, 7) is 0. The van der Waals surface area contributed by atoms with Gasteiger partial charge in [0.25, 0.3) is 0 Å². The fraction of sp³-hybridized carbons (Fsp3) is 0.125. The second-order valence-corrected chi connectivity index (χ2v) is 3.76. The summed E-state index contributed by atoms with van der Waals surface area (Å²) in [6.07, 6.45) is 0. The number of carbonyl (C=O) groups is 1. The molecule has 0 aliphatic carbocycles. The molecular formula is C8H6F3NO2S. The summed E-state index contributed by atoms with van der Waals surface area (Å²) in [6, 6.07) is 2.78. The molecule has 0 saturated heterocycles. The van der Waals surface area contributed by atoms with Crippen LogP contribution in [0.5, 0.6) is 0 Å². The molecule has 0 radical (unpaired) electrons. The van der Waals surface area contributed by atoms with Crippen molar-refractivity contribution in [3.05, 3.63) is 24.0 Å². The van der Waals surface area contributed by atoms with E-state index in [1.165, 1.54) is 0 Å². The Morgan fingerprint density at radius 2 is 2.07 bits per heavy atom. The van der Waals surface area contributed by atoms with Gasteiger partial charge in [-0.2, -0.15) is 8.78 Å². The second-order valence-electron chi connectivity index (χ2n) is 2.61. The highest BCUT2D eigenvalue weighted by Gasteiger charge is 2.40. The molecule has 0 unspecified atom stereocenters. The van der Waals surface area contributed by atoms with Gasteiger partial charge in [-0.05, 0) is 30.0 Å². The van der Waals surface area contributed by atoms with Crippen molar-refractivity contribution in [2.24, 2.45) is 0 Å². The number of aliphatic carboxylic acids is 1. The zero-order chi connectivity index (χ0) is 11.6. The molecule has 0 aromatic heterocycles. The Morgan fingerprint density at radius 1 is 1.47 bits per heavy atom. The molecule has 0 fully saturated rings. The van der Waals surface area contributed by atoms with Crippen LogP contribution in [0.4, 0.5) is 18.9 Å². The molecule has 1 aromatic rings. The molecule has 3 nitrogen and oxygen atoms in total. The molecule has 1 rings (SSSR count). The van der Waals surface area contributed by atoms with E-state index in [2.05, 4.69) is 0 Å². The Morgan fingerprint density at radius 3 is 2.53 bits per heavy atom. The number of halogens is 3. The summed E-state index contributed by atoms with van der Waals surface area (Å²) in [7, 11) is 0. The van der Waals surface area contributed by atoms with Crippen LogP contribution in [-0.2, 0) is 4.79 Å². The largest absolute Gasteiger partial charge is 0.476 e. The van der Waals surface area contributed by atoms with Gasteiger partial charge in [0.1, 0.15) is 5.82 Å². The molecule has 15 heavy (non-hydrogen) atoms. The first-order valence-corrected chi connectivity index (χ1v) is 4.50. The van der Waals surface area contributed by atoms with Crippen LogP contribution >= 0.6 is 11.8 Å². The Hall–Kier alpha value is -1.37. The number of carboxylic acid groups (broad SMARTS) is 1. The molecule has 0 saturated carbocycles. The van der Waals surface area contributed by atoms with Gasteiger partial charge in [0, 0.05) is 10.6 Å². The summed E-state index contributed by atoms with van der Waals surface area (Å²) < 4.78 is 38.0. The third-order valence-electron chi connectivity index (χ3n) is 1.46. The molecule has 0 heterocycles. The van der Waals surface area contributed by atoms with Gasteiger partial charge in [-0.25, -0.2) is 9.18 Å². The number of thioether (sulfide) groups is 1. The quantitative estimate of drug-likeness (QED) is 0.624. The lowest BCUT2D eigenvalue weighted by molar-refractivity contribution is -0.152. The third-order valence-corrected chi connectivity index (χ3v) is 2.48. The SMILES string of the molecule is Nc1cc(F)ccc1SC(F)(F)C(=O)O. The number of hydrogen-bond acceptors (Lipinski definition) is 3. The number of rotatable bonds is 3. The number of nitrogens with two attached hydrogens (primary N) is 1. The molecule has 0 atom stereocenters. The van der Waals surface area contributed by atoms with Gasteiger partial charge < -0.3 is 10.8 Å². The van der Waals surface area contributed by atoms with Crippen LogP contribution < -0.4 is 5.73 Å². The van der Waals surface area contributed by atoms with Gasteiger partial charge in [0.05, 0.1) is 0 Å². The molecule has 0 spiro atoms. The van der Waals surface area contributed by atoms with E-state index in [-0.39, 0.29) is 22.3 Å². The number of alkyl halides is 2. The van der Waals surface area contributed by atoms with Crippen molar-refractivity contribution in [1.29, 1.82) is 0 Å². The van der Waals surface area contributed by atoms with E-state index >= 15 is 0 Å². The van der Waals surface area contributed by atoms with E-state index in [0.29, 0.717) is 0 Å². The molecule has 7 heteroatoms. The Balaban J connectivity index is 2.95. The Kier molecular flexibility index (Phi) is 3.13. The molecule has 0 aliphatic rings. The lowest BCUT2D eigenvalue weighted by atomic mass is 10.3. The van der Waals surface area contributed by atoms with Crippen molar-refractivity contribution in [2.45, 2.75) is 10.2 Å². The van der Waals surface area contributed by atoms with Crippen molar-refractivity contribution >= 4 is 23.4 Å². The van der Waals surface area contributed by atoms with E-state index in [4.69, 9.17) is 10.8 Å². The summed E-state index contributed by atoms with van der Waals surface area (Å²) in [5.41, 5.74) is 5.02. The first kappa shape index (κ1) is 11.7. The maximum absolute atomic E-state index is 12.7. The standard InChI is InChI=1S/C8H6F3NO2S/c9-4-1-2-6(5(12)3-4)15-8(10,11)7(13)14/h1-3H,12H2,(H,13,14). The maximum Gasteiger partial charge on any atom is 0.393 e. The van der Waals surface area contributed by atoms with E-state index in [1.54, 1.807) is 0 Å². The fourth-order valence-electron chi connectivity index (χ4n) is 0.794. The van der Waals surface area contributed by atoms with Crippen molar-refractivity contribution in [3.8, 4) is 0 Å². The van der Waals surface area contributed by atoms with E-state index < -0.39 is 17.0 Å². The number of nitrogen functional groups attached to an aromatic ring is 1. The number of benzene rings is 1. The molecule has 1 aromatic carbocycles. The van der Waals surface area contributed by atoms with Gasteiger partial charge in [-0.1, -0.05) is 0 Å². The summed E-state index contributed by atoms with van der Waals surface area (Å²) in [5.74, 6) is -2.94. The van der Waals surface area contributed by atoms with Crippen molar-refractivity contribution in [2.75, 3.05) is 5.73 Å². The summed E-state index contributed by atoms with van der Waals surface area (Å²) >= 11 is -0.235. The van der Waals surface area contributed by atoms with Crippen molar-refractivity contribution < 1.29 is 23.1 Å². The number of hydrogen-bond donors (Lipinski definition) is 2. The van der Waals surface area contributed by atoms with Crippen molar-refractivity contribution in [3.63, 3.8) is 0 Å². The van der Waals surface area contributed by atoms with Gasteiger partial charge >= 0.3 is 11.2 Å². The predicted octanol–water partition coefficient (Wildman–Crippen LogP) is 2.18. The molecular weight excluding hydrogens is 231 g/mol. The average Bonchev–Trinajstić information content (AvgIpc) is 2.09. The van der Waals surface area contributed by atoms with Gasteiger partial charge in [-0.15, -0.1) is 0 Å². The highest BCUT2D eigenvalue weighted by Crippen LogP contribution is 2.38. The molecule has 0 bridgehead atoms. The Labute approximate surface area is 87.1 Å². The predicted molar refractivity (Wildman–Crippen MR) is 49.3 cm³/mol. The average molecular weight is 237 g/mol. The molecule has 3 N–H and O–H groups in total.